The number of hydrogen-bond acceptors (Lipinski definition) is 0. The van der Waals surface area contributed by atoms with Gasteiger partial charge < -0.3 is 0 Å². The van der Waals surface area contributed by atoms with Crippen molar-refractivity contribution in [3.05, 3.63) is 12.2 Å². The molecule has 11 heavy (non-hydrogen) atoms. The Hall–Kier alpha value is -0.260. The minimum absolute atomic E-state index is 0.745. The second-order valence-electron chi connectivity index (χ2n) is 3.67. The minimum Gasteiger partial charge on any atom is -0.0996 e. The molecule has 0 nitrogen and oxygen atoms in total. The Kier molecular flexibility index (Phi) is 5.27. The fraction of sp³-hybridized carbons (Fsp3) is 0.818. The summed E-state index contributed by atoms with van der Waals surface area (Å²) in [5, 5.41) is 0. The Morgan fingerprint density at radius 2 is 1.82 bits per heavy atom. The van der Waals surface area contributed by atoms with E-state index < -0.39 is 0 Å². The first-order valence-corrected chi connectivity index (χ1v) is 4.81. The second-order valence-corrected chi connectivity index (χ2v) is 3.67. The molecule has 0 aliphatic rings. The normalized spacial score (nSPS) is 13.5. The first kappa shape index (κ1) is 10.7. The molecule has 1 unspecified atom stereocenters. The van der Waals surface area contributed by atoms with Gasteiger partial charge in [-0.25, -0.2) is 0 Å². The van der Waals surface area contributed by atoms with Crippen LogP contribution in [0.3, 0.4) is 0 Å². The highest BCUT2D eigenvalue weighted by atomic mass is 14.2. The van der Waals surface area contributed by atoms with Crippen molar-refractivity contribution in [1.29, 1.82) is 0 Å². The Bertz CT molecular complexity index is 111. The van der Waals surface area contributed by atoms with E-state index in [-0.39, 0.29) is 0 Å². The van der Waals surface area contributed by atoms with Gasteiger partial charge in [-0.05, 0) is 24.7 Å². The molecule has 0 heterocycles. The molecule has 0 aromatic rings. The quantitative estimate of drug-likeness (QED) is 0.524. The van der Waals surface area contributed by atoms with Gasteiger partial charge in [0.25, 0.3) is 0 Å². The molecule has 0 radical (unpaired) electrons. The molecule has 0 aliphatic heterocycles. The average molecular weight is 154 g/mol. The molecule has 0 rings (SSSR count). The summed E-state index contributed by atoms with van der Waals surface area (Å²) in [5.41, 5.74) is 1.45. The fourth-order valence-corrected chi connectivity index (χ4v) is 1.74. The van der Waals surface area contributed by atoms with Gasteiger partial charge in [-0.15, -0.1) is 0 Å². The standard InChI is InChI=1S/C11H22/c1-6-8-10(5)11(7-2)9(3)4/h9,11H,5-8H2,1-4H3. The highest BCUT2D eigenvalue weighted by Gasteiger charge is 2.13. The fourth-order valence-electron chi connectivity index (χ4n) is 1.74. The summed E-state index contributed by atoms with van der Waals surface area (Å²) in [4.78, 5) is 0. The van der Waals surface area contributed by atoms with Crippen molar-refractivity contribution in [3.63, 3.8) is 0 Å². The van der Waals surface area contributed by atoms with E-state index in [9.17, 15) is 0 Å². The Labute approximate surface area is 71.7 Å². The molecule has 0 heteroatoms. The maximum Gasteiger partial charge on any atom is -0.0185 e. The summed E-state index contributed by atoms with van der Waals surface area (Å²) in [6.45, 7) is 13.2. The molecule has 0 aromatic carbocycles. The van der Waals surface area contributed by atoms with Gasteiger partial charge in [-0.2, -0.15) is 0 Å². The molecular weight excluding hydrogens is 132 g/mol. The zero-order valence-corrected chi connectivity index (χ0v) is 8.48. The predicted octanol–water partition coefficient (Wildman–Crippen LogP) is 4.02. The van der Waals surface area contributed by atoms with Gasteiger partial charge in [0.2, 0.25) is 0 Å². The van der Waals surface area contributed by atoms with Crippen molar-refractivity contribution in [3.8, 4) is 0 Å². The molecule has 0 fully saturated rings. The molecule has 0 aliphatic carbocycles. The molecule has 0 bridgehead atoms. The molecule has 66 valence electrons. The molecule has 0 spiro atoms. The SMILES string of the molecule is C=C(CCC)C(CC)C(C)C. The van der Waals surface area contributed by atoms with Gasteiger partial charge >= 0.3 is 0 Å². The Balaban J connectivity index is 3.92. The molecule has 0 N–H and O–H groups in total. The molecule has 1 atom stereocenters. The van der Waals surface area contributed by atoms with Crippen LogP contribution >= 0.6 is 0 Å². The molecule has 0 saturated heterocycles. The van der Waals surface area contributed by atoms with Crippen molar-refractivity contribution in [2.75, 3.05) is 0 Å². The van der Waals surface area contributed by atoms with E-state index in [0.29, 0.717) is 0 Å². The first-order chi connectivity index (χ1) is 5.13. The van der Waals surface area contributed by atoms with Gasteiger partial charge in [-0.1, -0.05) is 46.3 Å². The second kappa shape index (κ2) is 5.40. The largest absolute Gasteiger partial charge is 0.0996 e. The maximum atomic E-state index is 4.14. The van der Waals surface area contributed by atoms with Gasteiger partial charge in [0.15, 0.2) is 0 Å². The van der Waals surface area contributed by atoms with Crippen LogP contribution in [0.2, 0.25) is 0 Å². The Morgan fingerprint density at radius 1 is 1.27 bits per heavy atom. The van der Waals surface area contributed by atoms with Gasteiger partial charge in [0, 0.05) is 0 Å². The molecular formula is C11H22. The predicted molar refractivity (Wildman–Crippen MR) is 52.7 cm³/mol. The van der Waals surface area contributed by atoms with Crippen LogP contribution in [0.4, 0.5) is 0 Å². The lowest BCUT2D eigenvalue weighted by atomic mass is 9.85. The van der Waals surface area contributed by atoms with Crippen molar-refractivity contribution in [1.82, 2.24) is 0 Å². The number of rotatable bonds is 5. The van der Waals surface area contributed by atoms with Crippen LogP contribution in [0, 0.1) is 11.8 Å². The highest BCUT2D eigenvalue weighted by molar-refractivity contribution is 5.00. The molecule has 0 saturated carbocycles. The highest BCUT2D eigenvalue weighted by Crippen LogP contribution is 2.25. The minimum atomic E-state index is 0.745. The summed E-state index contributed by atoms with van der Waals surface area (Å²) in [6.07, 6.45) is 3.69. The van der Waals surface area contributed by atoms with Crippen molar-refractivity contribution in [2.45, 2.75) is 47.0 Å². The summed E-state index contributed by atoms with van der Waals surface area (Å²) < 4.78 is 0. The lowest BCUT2D eigenvalue weighted by Crippen LogP contribution is -2.09. The van der Waals surface area contributed by atoms with Crippen LogP contribution in [-0.2, 0) is 0 Å². The lowest BCUT2D eigenvalue weighted by Gasteiger charge is -2.21. The summed E-state index contributed by atoms with van der Waals surface area (Å²) in [5.74, 6) is 1.51. The van der Waals surface area contributed by atoms with E-state index in [1.165, 1.54) is 24.8 Å². The first-order valence-electron chi connectivity index (χ1n) is 4.81. The monoisotopic (exact) mass is 154 g/mol. The van der Waals surface area contributed by atoms with Crippen LogP contribution in [-0.4, -0.2) is 0 Å². The van der Waals surface area contributed by atoms with Crippen LogP contribution in [0.1, 0.15) is 47.0 Å². The number of hydrogen-bond donors (Lipinski definition) is 0. The van der Waals surface area contributed by atoms with E-state index in [1.807, 2.05) is 0 Å². The third-order valence-corrected chi connectivity index (χ3v) is 2.34. The van der Waals surface area contributed by atoms with Crippen LogP contribution in [0.15, 0.2) is 12.2 Å². The van der Waals surface area contributed by atoms with E-state index >= 15 is 0 Å². The van der Waals surface area contributed by atoms with E-state index in [4.69, 9.17) is 0 Å². The third kappa shape index (κ3) is 3.60. The topological polar surface area (TPSA) is 0 Å². The lowest BCUT2D eigenvalue weighted by molar-refractivity contribution is 0.419. The number of allylic oxidation sites excluding steroid dienone is 1. The zero-order chi connectivity index (χ0) is 8.85. The summed E-state index contributed by atoms with van der Waals surface area (Å²) >= 11 is 0. The summed E-state index contributed by atoms with van der Waals surface area (Å²) in [7, 11) is 0. The van der Waals surface area contributed by atoms with Gasteiger partial charge in [0.1, 0.15) is 0 Å². The van der Waals surface area contributed by atoms with Crippen molar-refractivity contribution in [2.24, 2.45) is 11.8 Å². The van der Waals surface area contributed by atoms with Crippen molar-refractivity contribution >= 4 is 0 Å². The van der Waals surface area contributed by atoms with E-state index in [1.54, 1.807) is 0 Å². The van der Waals surface area contributed by atoms with Crippen molar-refractivity contribution < 1.29 is 0 Å². The van der Waals surface area contributed by atoms with Gasteiger partial charge in [-0.3, -0.25) is 0 Å². The van der Waals surface area contributed by atoms with Crippen LogP contribution < -0.4 is 0 Å². The Morgan fingerprint density at radius 3 is 2.09 bits per heavy atom. The summed E-state index contributed by atoms with van der Waals surface area (Å²) in [6, 6.07) is 0. The zero-order valence-electron chi connectivity index (χ0n) is 8.48. The van der Waals surface area contributed by atoms with Crippen LogP contribution in [0.5, 0.6) is 0 Å². The van der Waals surface area contributed by atoms with E-state index in [0.717, 1.165) is 11.8 Å². The molecule has 0 aromatic heterocycles. The van der Waals surface area contributed by atoms with Gasteiger partial charge in [0.05, 0.1) is 0 Å². The smallest absolute Gasteiger partial charge is 0.0185 e. The molecule has 0 amide bonds. The third-order valence-electron chi connectivity index (χ3n) is 2.34. The average Bonchev–Trinajstić information content (AvgIpc) is 1.88. The maximum absolute atomic E-state index is 4.14. The van der Waals surface area contributed by atoms with E-state index in [2.05, 4.69) is 34.3 Å². The van der Waals surface area contributed by atoms with Crippen LogP contribution in [0.25, 0.3) is 0 Å².